The van der Waals surface area contributed by atoms with E-state index in [-0.39, 0.29) is 18.2 Å². The summed E-state index contributed by atoms with van der Waals surface area (Å²) in [5.41, 5.74) is 1.73. The molecule has 4 aromatic rings. The van der Waals surface area contributed by atoms with Crippen molar-refractivity contribution in [3.63, 3.8) is 0 Å². The first kappa shape index (κ1) is 15.9. The number of aromatic hydroxyl groups is 1. The average Bonchev–Trinajstić information content (AvgIpc) is 3.24. The molecular weight excluding hydrogens is 334 g/mol. The van der Waals surface area contributed by atoms with E-state index in [9.17, 15) is 9.90 Å². The summed E-state index contributed by atoms with van der Waals surface area (Å²) in [4.78, 5) is 16.8. The fraction of sp³-hybridized carbons (Fsp3) is 0.105. The Morgan fingerprint density at radius 2 is 2.00 bits per heavy atom. The third-order valence-electron chi connectivity index (χ3n) is 3.97. The number of nitrogens with one attached hydrogen (secondary N) is 1. The Morgan fingerprint density at radius 3 is 2.81 bits per heavy atom. The molecule has 1 amide bonds. The van der Waals surface area contributed by atoms with Crippen LogP contribution >= 0.6 is 0 Å². The van der Waals surface area contributed by atoms with Gasteiger partial charge in [0.15, 0.2) is 5.82 Å². The van der Waals surface area contributed by atoms with Crippen molar-refractivity contribution < 1.29 is 18.8 Å². The molecule has 0 unspecified atom stereocenters. The van der Waals surface area contributed by atoms with Crippen LogP contribution in [0.3, 0.4) is 0 Å². The number of benzene rings is 2. The minimum absolute atomic E-state index is 0.0676. The van der Waals surface area contributed by atoms with Crippen LogP contribution in [0.15, 0.2) is 57.5 Å². The Labute approximate surface area is 148 Å². The molecule has 2 aromatic heterocycles. The summed E-state index contributed by atoms with van der Waals surface area (Å²) in [5, 5.41) is 16.8. The van der Waals surface area contributed by atoms with Crippen molar-refractivity contribution in [3.05, 3.63) is 65.7 Å². The van der Waals surface area contributed by atoms with Crippen molar-refractivity contribution >= 4 is 16.9 Å². The summed E-state index contributed by atoms with van der Waals surface area (Å²) in [6.07, 6.45) is 0. The molecule has 0 fully saturated rings. The maximum absolute atomic E-state index is 12.6. The second kappa shape index (κ2) is 6.36. The zero-order valence-electron chi connectivity index (χ0n) is 13.9. The van der Waals surface area contributed by atoms with E-state index in [0.717, 1.165) is 5.56 Å². The Hall–Kier alpha value is -3.61. The van der Waals surface area contributed by atoms with Gasteiger partial charge in [0.1, 0.15) is 17.1 Å². The predicted octanol–water partition coefficient (Wildman–Crippen LogP) is 3.43. The zero-order valence-corrected chi connectivity index (χ0v) is 13.9. The predicted molar refractivity (Wildman–Crippen MR) is 93.5 cm³/mol. The number of nitrogens with zero attached hydrogens (tertiary/aromatic N) is 2. The number of phenols is 1. The van der Waals surface area contributed by atoms with Crippen LogP contribution < -0.4 is 5.32 Å². The van der Waals surface area contributed by atoms with Crippen LogP contribution in [0.1, 0.15) is 21.9 Å². The second-order valence-electron chi connectivity index (χ2n) is 5.78. The highest BCUT2D eigenvalue weighted by molar-refractivity contribution is 6.07. The molecule has 0 atom stereocenters. The molecule has 0 saturated carbocycles. The number of carbonyl (C=O) groups is 1. The quantitative estimate of drug-likeness (QED) is 0.585. The van der Waals surface area contributed by atoms with Crippen LogP contribution in [0.2, 0.25) is 0 Å². The van der Waals surface area contributed by atoms with Crippen LogP contribution in [-0.2, 0) is 6.54 Å². The topological polar surface area (TPSA) is 101 Å². The Morgan fingerprint density at radius 1 is 1.19 bits per heavy atom. The van der Waals surface area contributed by atoms with Crippen LogP contribution in [0.4, 0.5) is 0 Å². The maximum Gasteiger partial charge on any atom is 0.257 e. The minimum Gasteiger partial charge on any atom is -0.508 e. The van der Waals surface area contributed by atoms with Crippen LogP contribution in [0.25, 0.3) is 22.4 Å². The van der Waals surface area contributed by atoms with Crippen molar-refractivity contribution in [1.29, 1.82) is 0 Å². The smallest absolute Gasteiger partial charge is 0.257 e. The maximum atomic E-state index is 12.6. The highest BCUT2D eigenvalue weighted by atomic mass is 16.5. The molecule has 0 aliphatic heterocycles. The van der Waals surface area contributed by atoms with Gasteiger partial charge in [-0.1, -0.05) is 23.4 Å². The number of fused-ring (bicyclic) bond motifs is 1. The van der Waals surface area contributed by atoms with Crippen molar-refractivity contribution in [1.82, 2.24) is 15.5 Å². The lowest BCUT2D eigenvalue weighted by Crippen LogP contribution is -2.23. The fourth-order valence-electron chi connectivity index (χ4n) is 2.76. The molecule has 2 heterocycles. The van der Waals surface area contributed by atoms with E-state index in [1.165, 1.54) is 12.1 Å². The zero-order chi connectivity index (χ0) is 18.1. The molecule has 130 valence electrons. The number of phenolic OH excluding ortho intramolecular Hbond substituents is 1. The minimum atomic E-state index is -0.335. The molecule has 7 heteroatoms. The van der Waals surface area contributed by atoms with Crippen molar-refractivity contribution in [3.8, 4) is 17.2 Å². The van der Waals surface area contributed by atoms with Crippen LogP contribution in [0.5, 0.6) is 5.75 Å². The summed E-state index contributed by atoms with van der Waals surface area (Å²) in [5.74, 6) is 0.965. The van der Waals surface area contributed by atoms with E-state index >= 15 is 0 Å². The first-order valence-electron chi connectivity index (χ1n) is 8.00. The number of carbonyl (C=O) groups excluding carboxylic acids is 1. The highest BCUT2D eigenvalue weighted by Gasteiger charge is 2.19. The molecule has 2 N–H and O–H groups in total. The van der Waals surface area contributed by atoms with Crippen molar-refractivity contribution in [2.45, 2.75) is 13.5 Å². The lowest BCUT2D eigenvalue weighted by molar-refractivity contribution is 0.0949. The monoisotopic (exact) mass is 349 g/mol. The van der Waals surface area contributed by atoms with Gasteiger partial charge in [-0.05, 0) is 37.3 Å². The van der Waals surface area contributed by atoms with Gasteiger partial charge in [0, 0.05) is 10.9 Å². The number of hydrogen-bond acceptors (Lipinski definition) is 6. The third-order valence-corrected chi connectivity index (χ3v) is 3.97. The van der Waals surface area contributed by atoms with Gasteiger partial charge in [-0.15, -0.1) is 0 Å². The molecule has 26 heavy (non-hydrogen) atoms. The Balaban J connectivity index is 1.52. The summed E-state index contributed by atoms with van der Waals surface area (Å²) in [6.45, 7) is 1.81. The van der Waals surface area contributed by atoms with E-state index in [2.05, 4.69) is 15.5 Å². The molecule has 4 rings (SSSR count). The molecular formula is C19H15N3O4. The van der Waals surface area contributed by atoms with Gasteiger partial charge in [-0.2, -0.15) is 4.98 Å². The van der Waals surface area contributed by atoms with Gasteiger partial charge in [0.05, 0.1) is 12.1 Å². The summed E-state index contributed by atoms with van der Waals surface area (Å²) < 4.78 is 10.8. The van der Waals surface area contributed by atoms with E-state index in [4.69, 9.17) is 8.94 Å². The Bertz CT molecular complexity index is 1080. The fourth-order valence-corrected chi connectivity index (χ4v) is 2.76. The van der Waals surface area contributed by atoms with Gasteiger partial charge in [0.2, 0.25) is 0 Å². The molecule has 0 bridgehead atoms. The number of furan rings is 1. The third kappa shape index (κ3) is 2.90. The molecule has 0 aliphatic rings. The highest BCUT2D eigenvalue weighted by Crippen LogP contribution is 2.28. The lowest BCUT2D eigenvalue weighted by atomic mass is 10.1. The van der Waals surface area contributed by atoms with Gasteiger partial charge < -0.3 is 19.4 Å². The molecule has 0 radical (unpaired) electrons. The van der Waals surface area contributed by atoms with Crippen molar-refractivity contribution in [2.75, 3.05) is 0 Å². The number of rotatable bonds is 4. The molecule has 7 nitrogen and oxygen atoms in total. The SMILES string of the molecule is Cc1oc2ccc(O)cc2c1C(=O)NCc1noc(-c2ccccc2)n1. The van der Waals surface area contributed by atoms with E-state index in [1.807, 2.05) is 30.3 Å². The first-order chi connectivity index (χ1) is 12.6. The molecule has 0 spiro atoms. The second-order valence-corrected chi connectivity index (χ2v) is 5.78. The number of amides is 1. The molecule has 0 saturated heterocycles. The van der Waals surface area contributed by atoms with Crippen LogP contribution in [-0.4, -0.2) is 21.2 Å². The number of aromatic nitrogens is 2. The summed E-state index contributed by atoms with van der Waals surface area (Å²) in [6, 6.07) is 14.0. The van der Waals surface area contributed by atoms with E-state index in [0.29, 0.717) is 34.0 Å². The summed E-state index contributed by atoms with van der Waals surface area (Å²) >= 11 is 0. The van der Waals surface area contributed by atoms with Gasteiger partial charge in [-0.3, -0.25) is 4.79 Å². The number of hydrogen-bond donors (Lipinski definition) is 2. The normalized spacial score (nSPS) is 11.0. The largest absolute Gasteiger partial charge is 0.508 e. The number of aryl methyl sites for hydroxylation is 1. The van der Waals surface area contributed by atoms with E-state index < -0.39 is 0 Å². The molecule has 0 aliphatic carbocycles. The van der Waals surface area contributed by atoms with E-state index in [1.54, 1.807) is 13.0 Å². The van der Waals surface area contributed by atoms with Crippen molar-refractivity contribution in [2.24, 2.45) is 0 Å². The Kier molecular flexibility index (Phi) is 3.89. The average molecular weight is 349 g/mol. The molecule has 2 aromatic carbocycles. The van der Waals surface area contributed by atoms with Gasteiger partial charge >= 0.3 is 0 Å². The van der Waals surface area contributed by atoms with Crippen LogP contribution in [0, 0.1) is 6.92 Å². The first-order valence-corrected chi connectivity index (χ1v) is 8.00. The van der Waals surface area contributed by atoms with Gasteiger partial charge in [0.25, 0.3) is 11.8 Å². The standard InChI is InChI=1S/C19H15N3O4/c1-11-17(14-9-13(23)7-8-15(14)25-11)18(24)20-10-16-21-19(26-22-16)12-5-3-2-4-6-12/h2-9,23H,10H2,1H3,(H,20,24). The lowest BCUT2D eigenvalue weighted by Gasteiger charge is -2.02. The summed E-state index contributed by atoms with van der Waals surface area (Å²) in [7, 11) is 0. The van der Waals surface area contributed by atoms with Gasteiger partial charge in [-0.25, -0.2) is 0 Å².